The Morgan fingerprint density at radius 3 is 2.48 bits per heavy atom. The van der Waals surface area contributed by atoms with Crippen molar-refractivity contribution in [2.24, 2.45) is 0 Å². The smallest absolute Gasteiger partial charge is 0.259 e. The van der Waals surface area contributed by atoms with Crippen LogP contribution in [0, 0.1) is 0 Å². The minimum Gasteiger partial charge on any atom is -0.372 e. The van der Waals surface area contributed by atoms with Crippen LogP contribution in [0.25, 0.3) is 0 Å². The van der Waals surface area contributed by atoms with Crippen molar-refractivity contribution in [2.45, 2.75) is 0 Å². The molecular weight excluding hydrogens is 400 g/mol. The van der Waals surface area contributed by atoms with Gasteiger partial charge in [-0.25, -0.2) is 4.98 Å². The normalized spacial score (nSPS) is 10.3. The van der Waals surface area contributed by atoms with Crippen molar-refractivity contribution in [3.63, 3.8) is 0 Å². The van der Waals surface area contributed by atoms with E-state index in [0.29, 0.717) is 36.6 Å². The average molecular weight is 409 g/mol. The van der Waals surface area contributed by atoms with Crippen molar-refractivity contribution in [2.75, 3.05) is 17.7 Å². The fourth-order valence-electron chi connectivity index (χ4n) is 1.62. The van der Waals surface area contributed by atoms with E-state index in [4.69, 9.17) is 34.8 Å². The number of nitrogens with one attached hydrogen (secondary N) is 2. The third kappa shape index (κ3) is 3.80. The molecule has 0 atom stereocenters. The molecule has 1 amide bonds. The van der Waals surface area contributed by atoms with Crippen molar-refractivity contribution in [3.8, 4) is 0 Å². The maximum Gasteiger partial charge on any atom is 0.259 e. The van der Waals surface area contributed by atoms with Gasteiger partial charge in [0.25, 0.3) is 5.91 Å². The number of anilines is 2. The first-order chi connectivity index (χ1) is 9.92. The van der Waals surface area contributed by atoms with Crippen molar-refractivity contribution < 1.29 is 4.79 Å². The quantitative estimate of drug-likeness (QED) is 0.694. The molecule has 0 saturated carbocycles. The van der Waals surface area contributed by atoms with E-state index in [1.165, 1.54) is 12.1 Å². The summed E-state index contributed by atoms with van der Waals surface area (Å²) >= 11 is 21.1. The second kappa shape index (κ2) is 6.83. The average Bonchev–Trinajstić information content (AvgIpc) is 2.44. The standard InChI is InChI=1S/C13H9BrCl3N3O/c1-18-12-7(2-6(14)5-19-12)13(21)20-11-4-9(16)8(15)3-10(11)17/h2-5H,1H3,(H,18,19)(H,20,21). The topological polar surface area (TPSA) is 54.0 Å². The lowest BCUT2D eigenvalue weighted by atomic mass is 10.2. The molecular formula is C13H9BrCl3N3O. The predicted octanol–water partition coefficient (Wildman–Crippen LogP) is 5.10. The number of aromatic nitrogens is 1. The number of rotatable bonds is 3. The molecule has 0 fully saturated rings. The largest absolute Gasteiger partial charge is 0.372 e. The molecule has 0 bridgehead atoms. The van der Waals surface area contributed by atoms with Crippen LogP contribution in [0.4, 0.5) is 11.5 Å². The molecule has 0 spiro atoms. The number of nitrogens with zero attached hydrogens (tertiary/aromatic N) is 1. The summed E-state index contributed by atoms with van der Waals surface area (Å²) in [6, 6.07) is 4.62. The van der Waals surface area contributed by atoms with Crippen molar-refractivity contribution >= 4 is 68.1 Å². The van der Waals surface area contributed by atoms with Gasteiger partial charge in [-0.1, -0.05) is 34.8 Å². The van der Waals surface area contributed by atoms with Crippen LogP contribution < -0.4 is 10.6 Å². The number of carbonyl (C=O) groups is 1. The van der Waals surface area contributed by atoms with Crippen LogP contribution in [-0.4, -0.2) is 17.9 Å². The Kier molecular flexibility index (Phi) is 5.32. The molecule has 0 unspecified atom stereocenters. The first-order valence-electron chi connectivity index (χ1n) is 5.71. The van der Waals surface area contributed by atoms with Gasteiger partial charge in [0.15, 0.2) is 0 Å². The summed E-state index contributed by atoms with van der Waals surface area (Å²) < 4.78 is 0.687. The van der Waals surface area contributed by atoms with Gasteiger partial charge < -0.3 is 10.6 Å². The van der Waals surface area contributed by atoms with Gasteiger partial charge >= 0.3 is 0 Å². The third-order valence-corrected chi connectivity index (χ3v) is 4.06. The van der Waals surface area contributed by atoms with Crippen LogP contribution in [0.15, 0.2) is 28.9 Å². The maximum absolute atomic E-state index is 12.3. The Bertz CT molecular complexity index is 709. The Morgan fingerprint density at radius 1 is 1.14 bits per heavy atom. The Morgan fingerprint density at radius 2 is 1.81 bits per heavy atom. The van der Waals surface area contributed by atoms with Gasteiger partial charge in [-0.2, -0.15) is 0 Å². The highest BCUT2D eigenvalue weighted by Crippen LogP contribution is 2.32. The SMILES string of the molecule is CNc1ncc(Br)cc1C(=O)Nc1cc(Cl)c(Cl)cc1Cl. The first kappa shape index (κ1) is 16.4. The minimum absolute atomic E-state index is 0.298. The summed E-state index contributed by atoms with van der Waals surface area (Å²) in [7, 11) is 1.68. The van der Waals surface area contributed by atoms with E-state index in [-0.39, 0.29) is 5.91 Å². The molecule has 1 aromatic carbocycles. The van der Waals surface area contributed by atoms with E-state index in [9.17, 15) is 4.79 Å². The number of amides is 1. The second-order valence-electron chi connectivity index (χ2n) is 4.00. The van der Waals surface area contributed by atoms with Crippen molar-refractivity contribution in [3.05, 3.63) is 49.5 Å². The summed E-state index contributed by atoms with van der Waals surface area (Å²) in [5.41, 5.74) is 0.743. The molecule has 110 valence electrons. The maximum atomic E-state index is 12.3. The lowest BCUT2D eigenvalue weighted by Crippen LogP contribution is -2.15. The van der Waals surface area contributed by atoms with Crippen LogP contribution in [-0.2, 0) is 0 Å². The number of pyridine rings is 1. The first-order valence-corrected chi connectivity index (χ1v) is 7.64. The molecule has 4 nitrogen and oxygen atoms in total. The minimum atomic E-state index is -0.367. The number of carbonyl (C=O) groups excluding carboxylic acids is 1. The molecule has 0 aliphatic carbocycles. The number of hydrogen-bond acceptors (Lipinski definition) is 3. The van der Waals surface area contributed by atoms with Gasteiger partial charge in [0.05, 0.1) is 26.3 Å². The Balaban J connectivity index is 2.34. The third-order valence-electron chi connectivity index (χ3n) is 2.59. The highest BCUT2D eigenvalue weighted by Gasteiger charge is 2.15. The van der Waals surface area contributed by atoms with E-state index in [0.717, 1.165) is 0 Å². The van der Waals surface area contributed by atoms with Gasteiger partial charge in [0, 0.05) is 17.7 Å². The fraction of sp³-hybridized carbons (Fsp3) is 0.0769. The molecule has 0 radical (unpaired) electrons. The predicted molar refractivity (Wildman–Crippen MR) is 90.9 cm³/mol. The molecule has 2 aromatic rings. The summed E-state index contributed by atoms with van der Waals surface area (Å²) in [5, 5.41) is 6.45. The van der Waals surface area contributed by atoms with Crippen LogP contribution >= 0.6 is 50.7 Å². The van der Waals surface area contributed by atoms with Gasteiger partial charge in [-0.15, -0.1) is 0 Å². The molecule has 2 rings (SSSR count). The van der Waals surface area contributed by atoms with E-state index >= 15 is 0 Å². The van der Waals surface area contributed by atoms with E-state index in [1.807, 2.05) is 0 Å². The molecule has 8 heteroatoms. The summed E-state index contributed by atoms with van der Waals surface area (Å²) in [5.74, 6) is 0.0836. The molecule has 0 saturated heterocycles. The van der Waals surface area contributed by atoms with Gasteiger partial charge in [-0.05, 0) is 34.1 Å². The summed E-state index contributed by atoms with van der Waals surface area (Å²) in [6.45, 7) is 0. The molecule has 1 heterocycles. The summed E-state index contributed by atoms with van der Waals surface area (Å²) in [6.07, 6.45) is 1.59. The van der Waals surface area contributed by atoms with E-state index < -0.39 is 0 Å². The van der Waals surface area contributed by atoms with Crippen LogP contribution in [0.3, 0.4) is 0 Å². The van der Waals surface area contributed by atoms with E-state index in [1.54, 1.807) is 19.3 Å². The zero-order valence-corrected chi connectivity index (χ0v) is 14.5. The van der Waals surface area contributed by atoms with Crippen LogP contribution in [0.5, 0.6) is 0 Å². The molecule has 1 aromatic heterocycles. The number of halogens is 4. The highest BCUT2D eigenvalue weighted by molar-refractivity contribution is 9.10. The highest BCUT2D eigenvalue weighted by atomic mass is 79.9. The monoisotopic (exact) mass is 407 g/mol. The van der Waals surface area contributed by atoms with Crippen molar-refractivity contribution in [1.82, 2.24) is 4.98 Å². The summed E-state index contributed by atoms with van der Waals surface area (Å²) in [4.78, 5) is 16.5. The van der Waals surface area contributed by atoms with Gasteiger partial charge in [-0.3, -0.25) is 4.79 Å². The lowest BCUT2D eigenvalue weighted by molar-refractivity contribution is 0.102. The lowest BCUT2D eigenvalue weighted by Gasteiger charge is -2.11. The zero-order chi connectivity index (χ0) is 15.6. The van der Waals surface area contributed by atoms with Crippen LogP contribution in [0.1, 0.15) is 10.4 Å². The van der Waals surface area contributed by atoms with E-state index in [2.05, 4.69) is 31.5 Å². The Labute approximate surface area is 144 Å². The fourth-order valence-corrected chi connectivity index (χ4v) is 2.54. The molecule has 0 aliphatic rings. The molecule has 21 heavy (non-hydrogen) atoms. The van der Waals surface area contributed by atoms with Gasteiger partial charge in [0.2, 0.25) is 0 Å². The van der Waals surface area contributed by atoms with Crippen LogP contribution in [0.2, 0.25) is 15.1 Å². The van der Waals surface area contributed by atoms with Crippen molar-refractivity contribution in [1.29, 1.82) is 0 Å². The Hall–Kier alpha value is -1.01. The zero-order valence-electron chi connectivity index (χ0n) is 10.7. The molecule has 0 aliphatic heterocycles. The molecule has 2 N–H and O–H groups in total. The van der Waals surface area contributed by atoms with Gasteiger partial charge in [0.1, 0.15) is 5.82 Å². The number of hydrogen-bond donors (Lipinski definition) is 2. The number of benzene rings is 1. The second-order valence-corrected chi connectivity index (χ2v) is 6.14.